The predicted octanol–water partition coefficient (Wildman–Crippen LogP) is 9.68. The summed E-state index contributed by atoms with van der Waals surface area (Å²) in [4.78, 5) is 31.7. The third-order valence-corrected chi connectivity index (χ3v) is 6.35. The summed E-state index contributed by atoms with van der Waals surface area (Å²) in [5.41, 5.74) is 13.1. The van der Waals surface area contributed by atoms with E-state index in [0.29, 0.717) is 23.3 Å². The van der Waals surface area contributed by atoms with Gasteiger partial charge in [0, 0.05) is 29.2 Å². The number of rotatable bonds is 6. The fraction of sp³-hybridized carbons (Fsp3) is 0.462. The molecule has 0 radical (unpaired) electrons. The molecule has 4 heteroatoms. The van der Waals surface area contributed by atoms with Gasteiger partial charge >= 0.3 is 0 Å². The third kappa shape index (κ3) is 17.2. The van der Waals surface area contributed by atoms with E-state index in [9.17, 15) is 9.59 Å². The van der Waals surface area contributed by atoms with Crippen molar-refractivity contribution >= 4 is 18.4 Å². The van der Waals surface area contributed by atoms with E-state index in [1.807, 2.05) is 34.5 Å². The van der Waals surface area contributed by atoms with Crippen LogP contribution in [0.15, 0.2) is 83.6 Å². The maximum atomic E-state index is 12.2. The zero-order chi connectivity index (χ0) is 33.8. The summed E-state index contributed by atoms with van der Waals surface area (Å²) < 4.78 is 0. The van der Waals surface area contributed by atoms with Crippen LogP contribution in [0.4, 0.5) is 0 Å². The average molecular weight is 590 g/mol. The van der Waals surface area contributed by atoms with E-state index in [0.717, 1.165) is 18.8 Å². The minimum Gasteiger partial charge on any atom is -0.402 e. The van der Waals surface area contributed by atoms with E-state index in [4.69, 9.17) is 10.5 Å². The molecule has 1 aliphatic carbocycles. The third-order valence-electron chi connectivity index (χ3n) is 6.35. The van der Waals surface area contributed by atoms with Crippen molar-refractivity contribution < 1.29 is 14.4 Å². The van der Waals surface area contributed by atoms with Crippen LogP contribution in [-0.4, -0.2) is 18.4 Å². The van der Waals surface area contributed by atoms with Gasteiger partial charge in [-0.2, -0.15) is 0 Å². The molecular weight excluding hydrogens is 530 g/mol. The molecule has 0 spiro atoms. The molecule has 0 amide bonds. The topological polar surface area (TPSA) is 77.2 Å². The lowest BCUT2D eigenvalue weighted by Crippen LogP contribution is -2.16. The molecule has 4 nitrogen and oxygen atoms in total. The predicted molar refractivity (Wildman–Crippen MR) is 186 cm³/mol. The highest BCUT2D eigenvalue weighted by Crippen LogP contribution is 2.24. The minimum absolute atomic E-state index is 0.0138. The lowest BCUT2D eigenvalue weighted by atomic mass is 9.86. The van der Waals surface area contributed by atoms with Gasteiger partial charge in [0.25, 0.3) is 0 Å². The molecule has 3 rings (SSSR count). The van der Waals surface area contributed by atoms with Crippen LogP contribution in [0.3, 0.4) is 0 Å². The Balaban J connectivity index is 0. The number of Topliss-reactive ketones (excluding diaryl/α,β-unsaturated/α-hetero) is 2. The fourth-order valence-electron chi connectivity index (χ4n) is 3.74. The Labute approximate surface area is 263 Å². The zero-order valence-electron chi connectivity index (χ0n) is 29.1. The van der Waals surface area contributed by atoms with E-state index in [1.54, 1.807) is 18.2 Å². The number of nitrogens with two attached hydrogens (primary N) is 1. The van der Waals surface area contributed by atoms with Gasteiger partial charge < -0.3 is 10.5 Å². The molecule has 1 atom stereocenters. The Kier molecular flexibility index (Phi) is 21.4. The van der Waals surface area contributed by atoms with Crippen molar-refractivity contribution in [1.29, 1.82) is 0 Å². The van der Waals surface area contributed by atoms with Crippen molar-refractivity contribution in [3.63, 3.8) is 0 Å². The summed E-state index contributed by atoms with van der Waals surface area (Å²) in [5, 5.41) is 0. The van der Waals surface area contributed by atoms with Crippen molar-refractivity contribution in [3.05, 3.63) is 106 Å². The van der Waals surface area contributed by atoms with Crippen molar-refractivity contribution in [3.8, 4) is 0 Å². The van der Waals surface area contributed by atoms with E-state index >= 15 is 0 Å². The van der Waals surface area contributed by atoms with Crippen molar-refractivity contribution in [2.75, 3.05) is 0 Å². The number of allylic oxidation sites excluding steroid dienone is 5. The maximum Gasteiger partial charge on any atom is 0.166 e. The quantitative estimate of drug-likeness (QED) is 0.364. The van der Waals surface area contributed by atoms with Crippen LogP contribution in [-0.2, 0) is 26.2 Å². The maximum absolute atomic E-state index is 12.2. The van der Waals surface area contributed by atoms with Gasteiger partial charge in [0.05, 0.1) is 0 Å². The van der Waals surface area contributed by atoms with Gasteiger partial charge in [-0.3, -0.25) is 9.59 Å². The second kappa shape index (κ2) is 22.1. The standard InChI is InChI=1S/C18H22.C14H19NO2.C4H10.C2H6.CH2O/c1-14-5-7-15(8-6-14)13-16-9-11-17(12-10-16)18(2,3)4;1-4-9(2)14(17)13-8-6-11(15)5-7-12(13)10(3)16;1-4(2)3;2*1-2/h5-12H,13H2,1-4H3;6-9H,4-5,15H2,1-3H3;4H,1-3H3;1-2H3;1H2. The molecule has 2 aromatic carbocycles. The largest absolute Gasteiger partial charge is 0.402 e. The highest BCUT2D eigenvalue weighted by atomic mass is 16.1. The van der Waals surface area contributed by atoms with Gasteiger partial charge in [0.2, 0.25) is 0 Å². The summed E-state index contributed by atoms with van der Waals surface area (Å²) in [6.45, 7) is 26.7. The molecule has 0 saturated heterocycles. The molecule has 0 aliphatic heterocycles. The lowest BCUT2D eigenvalue weighted by molar-refractivity contribution is -0.120. The van der Waals surface area contributed by atoms with E-state index in [2.05, 4.69) is 97.0 Å². The molecule has 0 aromatic heterocycles. The van der Waals surface area contributed by atoms with Crippen LogP contribution in [0.5, 0.6) is 0 Å². The molecule has 0 fully saturated rings. The van der Waals surface area contributed by atoms with Crippen molar-refractivity contribution in [2.24, 2.45) is 17.6 Å². The Bertz CT molecular complexity index is 1170. The Morgan fingerprint density at radius 1 is 0.837 bits per heavy atom. The Morgan fingerprint density at radius 2 is 1.28 bits per heavy atom. The molecule has 43 heavy (non-hydrogen) atoms. The summed E-state index contributed by atoms with van der Waals surface area (Å²) in [7, 11) is 0. The highest BCUT2D eigenvalue weighted by Gasteiger charge is 2.22. The molecule has 0 saturated carbocycles. The van der Waals surface area contributed by atoms with Crippen LogP contribution in [0.2, 0.25) is 0 Å². The number of ketones is 2. The van der Waals surface area contributed by atoms with Gasteiger partial charge in [-0.05, 0) is 66.9 Å². The molecule has 0 heterocycles. The van der Waals surface area contributed by atoms with Gasteiger partial charge in [-0.25, -0.2) is 0 Å². The number of aryl methyl sites for hydroxylation is 1. The molecule has 0 bridgehead atoms. The molecular formula is C39H59NO3. The number of carbonyl (C=O) groups is 3. The van der Waals surface area contributed by atoms with Gasteiger partial charge in [0.15, 0.2) is 11.6 Å². The van der Waals surface area contributed by atoms with Crippen molar-refractivity contribution in [1.82, 2.24) is 0 Å². The Hall–Kier alpha value is -3.53. The van der Waals surface area contributed by atoms with Crippen LogP contribution in [0, 0.1) is 18.8 Å². The minimum atomic E-state index is -0.0870. The first-order valence-electron chi connectivity index (χ1n) is 15.5. The summed E-state index contributed by atoms with van der Waals surface area (Å²) in [6.07, 6.45) is 7.42. The number of benzene rings is 2. The first kappa shape index (κ1) is 41.6. The summed E-state index contributed by atoms with van der Waals surface area (Å²) in [6, 6.07) is 17.8. The monoisotopic (exact) mass is 589 g/mol. The van der Waals surface area contributed by atoms with Crippen molar-refractivity contribution in [2.45, 2.75) is 108 Å². The highest BCUT2D eigenvalue weighted by molar-refractivity contribution is 6.12. The van der Waals surface area contributed by atoms with Gasteiger partial charge in [-0.1, -0.05) is 129 Å². The lowest BCUT2D eigenvalue weighted by Gasteiger charge is -2.19. The van der Waals surface area contributed by atoms with Crippen LogP contribution in [0.1, 0.15) is 111 Å². The molecule has 1 unspecified atom stereocenters. The number of carbonyl (C=O) groups excluding carboxylic acids is 3. The molecule has 2 N–H and O–H groups in total. The molecule has 238 valence electrons. The fourth-order valence-corrected chi connectivity index (χ4v) is 3.74. The first-order valence-corrected chi connectivity index (χ1v) is 15.5. The van der Waals surface area contributed by atoms with Gasteiger partial charge in [-0.15, -0.1) is 0 Å². The molecule has 1 aliphatic rings. The summed E-state index contributed by atoms with van der Waals surface area (Å²) >= 11 is 0. The van der Waals surface area contributed by atoms with Crippen LogP contribution >= 0.6 is 0 Å². The van der Waals surface area contributed by atoms with Crippen LogP contribution in [0.25, 0.3) is 0 Å². The molecule has 2 aromatic rings. The van der Waals surface area contributed by atoms with E-state index in [1.165, 1.54) is 29.2 Å². The average Bonchev–Trinajstić information content (AvgIpc) is 3.17. The summed E-state index contributed by atoms with van der Waals surface area (Å²) in [5.74, 6) is 0.688. The number of hydrogen-bond donors (Lipinski definition) is 1. The Morgan fingerprint density at radius 3 is 1.67 bits per heavy atom. The van der Waals surface area contributed by atoms with E-state index in [-0.39, 0.29) is 22.9 Å². The SMILES string of the molecule is C=O.CC.CC(C)C.CCC(C)C(=O)C1=CC=C(N)CC=C1C(C)=O.Cc1ccc(Cc2ccc(C(C)(C)C)cc2)cc1. The second-order valence-corrected chi connectivity index (χ2v) is 12.2. The van der Waals surface area contributed by atoms with E-state index < -0.39 is 0 Å². The zero-order valence-corrected chi connectivity index (χ0v) is 29.1. The second-order valence-electron chi connectivity index (χ2n) is 12.2. The number of hydrogen-bond acceptors (Lipinski definition) is 4. The normalized spacial score (nSPS) is 12.8. The van der Waals surface area contributed by atoms with Crippen LogP contribution < -0.4 is 5.73 Å². The van der Waals surface area contributed by atoms with Gasteiger partial charge in [0.1, 0.15) is 6.79 Å². The smallest absolute Gasteiger partial charge is 0.166 e. The first-order chi connectivity index (χ1) is 20.1.